The smallest absolute Gasteiger partial charge is 0.410 e. The van der Waals surface area contributed by atoms with E-state index in [9.17, 15) is 4.79 Å². The quantitative estimate of drug-likeness (QED) is 0.637. The van der Waals surface area contributed by atoms with Crippen molar-refractivity contribution in [1.29, 1.82) is 0 Å². The van der Waals surface area contributed by atoms with Gasteiger partial charge in [0.15, 0.2) is 0 Å². The molecular weight excluding hydrogens is 388 g/mol. The van der Waals surface area contributed by atoms with Crippen molar-refractivity contribution in [3.63, 3.8) is 0 Å². The number of piperazine rings is 1. The summed E-state index contributed by atoms with van der Waals surface area (Å²) < 4.78 is 11.4. The average molecular weight is 425 g/mol. The Morgan fingerprint density at radius 3 is 2.16 bits per heavy atom. The first-order valence-corrected chi connectivity index (χ1v) is 11.2. The number of amides is 1. The molecule has 0 radical (unpaired) electrons. The first-order chi connectivity index (χ1) is 14.7. The number of hydrogen-bond donors (Lipinski definition) is 0. The predicted molar refractivity (Wildman–Crippen MR) is 125 cm³/mol. The number of ether oxygens (including phenoxy) is 2. The van der Waals surface area contributed by atoms with E-state index in [-0.39, 0.29) is 6.09 Å². The van der Waals surface area contributed by atoms with Crippen molar-refractivity contribution >= 4 is 6.09 Å². The molecule has 1 unspecified atom stereocenters. The summed E-state index contributed by atoms with van der Waals surface area (Å²) in [6.07, 6.45) is -0.210. The summed E-state index contributed by atoms with van der Waals surface area (Å²) in [6, 6.07) is 17.0. The molecule has 0 aromatic heterocycles. The lowest BCUT2D eigenvalue weighted by Crippen LogP contribution is -2.49. The lowest BCUT2D eigenvalue weighted by molar-refractivity contribution is 0.0139. The Morgan fingerprint density at radius 2 is 1.58 bits per heavy atom. The highest BCUT2D eigenvalue weighted by Crippen LogP contribution is 2.20. The molecule has 1 saturated heterocycles. The van der Waals surface area contributed by atoms with Crippen LogP contribution in [0.25, 0.3) is 0 Å². The maximum absolute atomic E-state index is 12.2. The average Bonchev–Trinajstić information content (AvgIpc) is 2.73. The standard InChI is InChI=1S/C26H36N2O3/c1-20-6-12-24(13-7-20)30-19-21(2)23-10-8-22(9-11-23)18-27-14-16-28(17-15-27)25(29)31-26(3,4)5/h6-13,21H,14-19H2,1-5H3. The Kier molecular flexibility index (Phi) is 7.60. The highest BCUT2D eigenvalue weighted by atomic mass is 16.6. The van der Waals surface area contributed by atoms with Crippen molar-refractivity contribution < 1.29 is 14.3 Å². The molecular formula is C26H36N2O3. The van der Waals surface area contributed by atoms with Gasteiger partial charge in [-0.3, -0.25) is 4.90 Å². The molecule has 1 amide bonds. The lowest BCUT2D eigenvalue weighted by atomic mass is 10.0. The molecule has 0 N–H and O–H groups in total. The molecule has 5 heteroatoms. The summed E-state index contributed by atoms with van der Waals surface area (Å²) in [5.74, 6) is 1.24. The summed E-state index contributed by atoms with van der Waals surface area (Å²) >= 11 is 0. The fraction of sp³-hybridized carbons (Fsp3) is 0.500. The van der Waals surface area contributed by atoms with E-state index in [4.69, 9.17) is 9.47 Å². The van der Waals surface area contributed by atoms with E-state index in [2.05, 4.69) is 55.1 Å². The molecule has 0 aliphatic carbocycles. The zero-order valence-electron chi connectivity index (χ0n) is 19.6. The van der Waals surface area contributed by atoms with Crippen molar-refractivity contribution in [2.75, 3.05) is 32.8 Å². The van der Waals surface area contributed by atoms with Crippen LogP contribution in [-0.2, 0) is 11.3 Å². The third kappa shape index (κ3) is 7.28. The van der Waals surface area contributed by atoms with E-state index in [1.54, 1.807) is 4.90 Å². The van der Waals surface area contributed by atoms with Crippen LogP contribution in [0.2, 0.25) is 0 Å². The number of hydrogen-bond acceptors (Lipinski definition) is 4. The number of aryl methyl sites for hydroxylation is 1. The van der Waals surface area contributed by atoms with Gasteiger partial charge >= 0.3 is 6.09 Å². The highest BCUT2D eigenvalue weighted by Gasteiger charge is 2.25. The maximum atomic E-state index is 12.2. The second-order valence-electron chi connectivity index (χ2n) is 9.51. The monoisotopic (exact) mass is 424 g/mol. The van der Waals surface area contributed by atoms with Gasteiger partial charge in [0.25, 0.3) is 0 Å². The number of carbonyl (C=O) groups excluding carboxylic acids is 1. The summed E-state index contributed by atoms with van der Waals surface area (Å²) in [5.41, 5.74) is 3.37. The summed E-state index contributed by atoms with van der Waals surface area (Å²) in [7, 11) is 0. The summed E-state index contributed by atoms with van der Waals surface area (Å²) in [4.78, 5) is 16.4. The van der Waals surface area contributed by atoms with Crippen LogP contribution in [0.5, 0.6) is 5.75 Å². The number of rotatable bonds is 6. The molecule has 168 valence electrons. The first-order valence-electron chi connectivity index (χ1n) is 11.2. The van der Waals surface area contributed by atoms with Gasteiger partial charge in [-0.05, 0) is 51.0 Å². The van der Waals surface area contributed by atoms with Crippen molar-refractivity contribution in [3.8, 4) is 5.75 Å². The fourth-order valence-electron chi connectivity index (χ4n) is 3.58. The Hall–Kier alpha value is -2.53. The van der Waals surface area contributed by atoms with Gasteiger partial charge in [-0.25, -0.2) is 4.79 Å². The molecule has 1 atom stereocenters. The topological polar surface area (TPSA) is 42.0 Å². The van der Waals surface area contributed by atoms with Crippen molar-refractivity contribution in [3.05, 3.63) is 65.2 Å². The van der Waals surface area contributed by atoms with E-state index in [1.165, 1.54) is 16.7 Å². The van der Waals surface area contributed by atoms with E-state index < -0.39 is 5.60 Å². The van der Waals surface area contributed by atoms with Crippen LogP contribution < -0.4 is 4.74 Å². The molecule has 3 rings (SSSR count). The lowest BCUT2D eigenvalue weighted by Gasteiger charge is -2.35. The van der Waals surface area contributed by atoms with Crippen LogP contribution in [0.3, 0.4) is 0 Å². The molecule has 1 heterocycles. The highest BCUT2D eigenvalue weighted by molar-refractivity contribution is 5.68. The zero-order chi connectivity index (χ0) is 22.4. The second-order valence-corrected chi connectivity index (χ2v) is 9.51. The Labute approximate surface area is 187 Å². The minimum atomic E-state index is -0.446. The van der Waals surface area contributed by atoms with E-state index in [0.29, 0.717) is 25.6 Å². The maximum Gasteiger partial charge on any atom is 0.410 e. The first kappa shape index (κ1) is 23.1. The molecule has 1 fully saturated rings. The third-order valence-electron chi connectivity index (χ3n) is 5.50. The van der Waals surface area contributed by atoms with Crippen LogP contribution in [0.4, 0.5) is 4.79 Å². The minimum Gasteiger partial charge on any atom is -0.493 e. The van der Waals surface area contributed by atoms with Gasteiger partial charge in [0.05, 0.1) is 6.61 Å². The van der Waals surface area contributed by atoms with Gasteiger partial charge in [-0.15, -0.1) is 0 Å². The van der Waals surface area contributed by atoms with Crippen LogP contribution in [0.1, 0.15) is 50.3 Å². The van der Waals surface area contributed by atoms with Gasteiger partial charge in [0.2, 0.25) is 0 Å². The van der Waals surface area contributed by atoms with Crippen molar-refractivity contribution in [1.82, 2.24) is 9.80 Å². The Morgan fingerprint density at radius 1 is 0.968 bits per heavy atom. The van der Waals surface area contributed by atoms with Gasteiger partial charge in [-0.2, -0.15) is 0 Å². The van der Waals surface area contributed by atoms with E-state index in [0.717, 1.165) is 25.4 Å². The minimum absolute atomic E-state index is 0.210. The van der Waals surface area contributed by atoms with Gasteiger partial charge < -0.3 is 14.4 Å². The van der Waals surface area contributed by atoms with Crippen molar-refractivity contribution in [2.45, 2.75) is 52.7 Å². The fourth-order valence-corrected chi connectivity index (χ4v) is 3.58. The molecule has 0 spiro atoms. The Bertz CT molecular complexity index is 832. The number of benzene rings is 2. The largest absolute Gasteiger partial charge is 0.493 e. The molecule has 0 bridgehead atoms. The molecule has 5 nitrogen and oxygen atoms in total. The molecule has 2 aromatic carbocycles. The molecule has 2 aromatic rings. The SMILES string of the molecule is Cc1ccc(OCC(C)c2ccc(CN3CCN(C(=O)OC(C)(C)C)CC3)cc2)cc1. The number of carbonyl (C=O) groups is 1. The molecule has 1 aliphatic heterocycles. The molecule has 0 saturated carbocycles. The molecule has 1 aliphatic rings. The van der Waals surface area contributed by atoms with Gasteiger partial charge in [-0.1, -0.05) is 48.9 Å². The van der Waals surface area contributed by atoms with Crippen molar-refractivity contribution in [2.24, 2.45) is 0 Å². The predicted octanol–water partition coefficient (Wildman–Crippen LogP) is 5.23. The number of nitrogens with zero attached hydrogens (tertiary/aromatic N) is 2. The van der Waals surface area contributed by atoms with Gasteiger partial charge in [0, 0.05) is 38.6 Å². The molecule has 31 heavy (non-hydrogen) atoms. The zero-order valence-corrected chi connectivity index (χ0v) is 19.6. The second kappa shape index (κ2) is 10.2. The summed E-state index contributed by atoms with van der Waals surface area (Å²) in [6.45, 7) is 14.7. The van der Waals surface area contributed by atoms with Crippen LogP contribution in [0.15, 0.2) is 48.5 Å². The van der Waals surface area contributed by atoms with E-state index >= 15 is 0 Å². The van der Waals surface area contributed by atoms with Gasteiger partial charge in [0.1, 0.15) is 11.4 Å². The normalized spacial score (nSPS) is 16.1. The van der Waals surface area contributed by atoms with E-state index in [1.807, 2.05) is 32.9 Å². The third-order valence-corrected chi connectivity index (χ3v) is 5.50. The summed E-state index contributed by atoms with van der Waals surface area (Å²) in [5, 5.41) is 0. The Balaban J connectivity index is 1.44. The van der Waals surface area contributed by atoms with Crippen LogP contribution in [-0.4, -0.2) is 54.3 Å². The van der Waals surface area contributed by atoms with Crippen LogP contribution >= 0.6 is 0 Å². The van der Waals surface area contributed by atoms with Crippen LogP contribution in [0, 0.1) is 6.92 Å².